The van der Waals surface area contributed by atoms with Gasteiger partial charge in [-0.3, -0.25) is 4.79 Å². The van der Waals surface area contributed by atoms with Crippen LogP contribution in [0.2, 0.25) is 0 Å². The molecule has 0 saturated carbocycles. The third-order valence-corrected chi connectivity index (χ3v) is 3.30. The Morgan fingerprint density at radius 3 is 2.53 bits per heavy atom. The molecule has 3 nitrogen and oxygen atoms in total. The molecule has 0 heterocycles. The lowest BCUT2D eigenvalue weighted by Gasteiger charge is -2.29. The molecule has 0 N–H and O–H groups in total. The number of carbonyl (C=O) groups excluding carboxylic acids is 1. The zero-order chi connectivity index (χ0) is 13.1. The Bertz CT molecular complexity index is 404. The van der Waals surface area contributed by atoms with Gasteiger partial charge in [-0.25, -0.2) is 0 Å². The summed E-state index contributed by atoms with van der Waals surface area (Å²) in [4.78, 5) is 13.7. The normalized spacial score (nSPS) is 11.1. The summed E-state index contributed by atoms with van der Waals surface area (Å²) in [6, 6.07) is 7.93. The maximum Gasteiger partial charge on any atom is 0.313 e. The topological polar surface area (TPSA) is 29.5 Å². The van der Waals surface area contributed by atoms with Gasteiger partial charge in [-0.15, -0.1) is 0 Å². The number of carbonyl (C=O) groups is 1. The van der Waals surface area contributed by atoms with Crippen LogP contribution in [0.3, 0.4) is 0 Å². The van der Waals surface area contributed by atoms with Gasteiger partial charge >= 0.3 is 5.97 Å². The molecule has 17 heavy (non-hydrogen) atoms. The summed E-state index contributed by atoms with van der Waals surface area (Å²) in [5, 5.41) is 0. The molecule has 4 heteroatoms. The molecule has 0 unspecified atom stereocenters. The fourth-order valence-corrected chi connectivity index (χ4v) is 2.37. The third-order valence-electron chi connectivity index (χ3n) is 2.63. The van der Waals surface area contributed by atoms with Crippen molar-refractivity contribution in [3.05, 3.63) is 28.7 Å². The number of halogens is 1. The van der Waals surface area contributed by atoms with Crippen LogP contribution < -0.4 is 4.90 Å². The molecule has 0 aromatic heterocycles. The maximum atomic E-state index is 11.6. The van der Waals surface area contributed by atoms with Crippen LogP contribution in [0.5, 0.6) is 0 Å². The van der Waals surface area contributed by atoms with E-state index in [1.165, 1.54) is 7.11 Å². The molecule has 0 fully saturated rings. The van der Waals surface area contributed by atoms with Crippen LogP contribution in [0, 0.1) is 5.41 Å². The van der Waals surface area contributed by atoms with Gasteiger partial charge in [-0.05, 0) is 41.9 Å². The minimum Gasteiger partial charge on any atom is -0.469 e. The Hall–Kier alpha value is -1.03. The standard InChI is InChI=1S/C13H18BrNO2/c1-13(2,12(16)17-4)9-15(3)11-8-6-5-7-10(11)14/h5-8H,9H2,1-4H3. The van der Waals surface area contributed by atoms with Crippen molar-refractivity contribution in [2.24, 2.45) is 5.41 Å². The van der Waals surface area contributed by atoms with E-state index < -0.39 is 5.41 Å². The fraction of sp³-hybridized carbons (Fsp3) is 0.462. The van der Waals surface area contributed by atoms with E-state index in [4.69, 9.17) is 4.74 Å². The second kappa shape index (κ2) is 5.54. The van der Waals surface area contributed by atoms with Crippen molar-refractivity contribution in [1.82, 2.24) is 0 Å². The van der Waals surface area contributed by atoms with E-state index >= 15 is 0 Å². The van der Waals surface area contributed by atoms with Crippen LogP contribution in [-0.4, -0.2) is 26.7 Å². The number of nitrogens with zero attached hydrogens (tertiary/aromatic N) is 1. The van der Waals surface area contributed by atoms with E-state index in [1.54, 1.807) is 0 Å². The molecule has 1 aromatic carbocycles. The molecule has 1 aromatic rings. The first-order valence-corrected chi connectivity index (χ1v) is 6.22. The number of rotatable bonds is 4. The van der Waals surface area contributed by atoms with E-state index in [1.807, 2.05) is 50.1 Å². The van der Waals surface area contributed by atoms with Crippen LogP contribution >= 0.6 is 15.9 Å². The van der Waals surface area contributed by atoms with Gasteiger partial charge in [0, 0.05) is 18.1 Å². The number of anilines is 1. The molecular weight excluding hydrogens is 282 g/mol. The van der Waals surface area contributed by atoms with Crippen LogP contribution in [-0.2, 0) is 9.53 Å². The summed E-state index contributed by atoms with van der Waals surface area (Å²) >= 11 is 3.50. The number of hydrogen-bond donors (Lipinski definition) is 0. The number of benzene rings is 1. The van der Waals surface area contributed by atoms with Crippen molar-refractivity contribution in [3.63, 3.8) is 0 Å². The van der Waals surface area contributed by atoms with Crippen LogP contribution in [0.1, 0.15) is 13.8 Å². The minimum atomic E-state index is -0.529. The number of methoxy groups -OCH3 is 1. The molecular formula is C13H18BrNO2. The highest BCUT2D eigenvalue weighted by atomic mass is 79.9. The summed E-state index contributed by atoms with van der Waals surface area (Å²) in [6.07, 6.45) is 0. The average Bonchev–Trinajstić information content (AvgIpc) is 2.27. The summed E-state index contributed by atoms with van der Waals surface area (Å²) in [5.41, 5.74) is 0.531. The molecule has 0 aliphatic rings. The van der Waals surface area contributed by atoms with Crippen molar-refractivity contribution in [2.45, 2.75) is 13.8 Å². The van der Waals surface area contributed by atoms with Crippen molar-refractivity contribution in [2.75, 3.05) is 25.6 Å². The highest BCUT2D eigenvalue weighted by Crippen LogP contribution is 2.28. The predicted molar refractivity (Wildman–Crippen MR) is 73.2 cm³/mol. The Morgan fingerprint density at radius 1 is 1.41 bits per heavy atom. The fourth-order valence-electron chi connectivity index (χ4n) is 1.78. The second-order valence-corrected chi connectivity index (χ2v) is 5.54. The Kier molecular flexibility index (Phi) is 4.57. The van der Waals surface area contributed by atoms with Crippen LogP contribution in [0.4, 0.5) is 5.69 Å². The van der Waals surface area contributed by atoms with Gasteiger partial charge in [-0.1, -0.05) is 12.1 Å². The summed E-state index contributed by atoms with van der Waals surface area (Å²) in [5.74, 6) is -0.198. The molecule has 0 atom stereocenters. The second-order valence-electron chi connectivity index (χ2n) is 4.68. The summed E-state index contributed by atoms with van der Waals surface area (Å²) in [7, 11) is 3.38. The zero-order valence-corrected chi connectivity index (χ0v) is 12.2. The Balaban J connectivity index is 2.83. The van der Waals surface area contributed by atoms with Gasteiger partial charge in [0.25, 0.3) is 0 Å². The molecule has 0 spiro atoms. The first kappa shape index (κ1) is 14.0. The smallest absolute Gasteiger partial charge is 0.313 e. The van der Waals surface area contributed by atoms with Gasteiger partial charge in [0.15, 0.2) is 0 Å². The van der Waals surface area contributed by atoms with Gasteiger partial charge in [0.2, 0.25) is 0 Å². The minimum absolute atomic E-state index is 0.198. The molecule has 0 bridgehead atoms. The first-order valence-electron chi connectivity index (χ1n) is 5.42. The third kappa shape index (κ3) is 3.46. The molecule has 0 amide bonds. The molecule has 0 aliphatic carbocycles. The summed E-state index contributed by atoms with van der Waals surface area (Å²) < 4.78 is 5.82. The highest BCUT2D eigenvalue weighted by Gasteiger charge is 2.30. The molecule has 0 saturated heterocycles. The number of ether oxygens (including phenoxy) is 1. The zero-order valence-electron chi connectivity index (χ0n) is 10.7. The molecule has 94 valence electrons. The van der Waals surface area contributed by atoms with E-state index in [9.17, 15) is 4.79 Å². The van der Waals surface area contributed by atoms with E-state index in [0.29, 0.717) is 6.54 Å². The Labute approximate surface area is 111 Å². The monoisotopic (exact) mass is 299 g/mol. The average molecular weight is 300 g/mol. The van der Waals surface area contributed by atoms with Gasteiger partial charge in [-0.2, -0.15) is 0 Å². The van der Waals surface area contributed by atoms with Crippen molar-refractivity contribution in [1.29, 1.82) is 0 Å². The van der Waals surface area contributed by atoms with Gasteiger partial charge in [0.05, 0.1) is 18.2 Å². The van der Waals surface area contributed by atoms with Gasteiger partial charge < -0.3 is 9.64 Å². The van der Waals surface area contributed by atoms with E-state index in [0.717, 1.165) is 10.2 Å². The van der Waals surface area contributed by atoms with Crippen molar-refractivity contribution < 1.29 is 9.53 Å². The molecule has 1 rings (SSSR count). The Morgan fingerprint density at radius 2 is 2.00 bits per heavy atom. The quantitative estimate of drug-likeness (QED) is 0.800. The lowest BCUT2D eigenvalue weighted by molar-refractivity contribution is -0.150. The number of hydrogen-bond acceptors (Lipinski definition) is 3. The van der Waals surface area contributed by atoms with Crippen molar-refractivity contribution in [3.8, 4) is 0 Å². The van der Waals surface area contributed by atoms with E-state index in [2.05, 4.69) is 15.9 Å². The predicted octanol–water partition coefficient (Wildman–Crippen LogP) is 3.08. The highest BCUT2D eigenvalue weighted by molar-refractivity contribution is 9.10. The summed E-state index contributed by atoms with van der Waals surface area (Å²) in [6.45, 7) is 4.36. The number of esters is 1. The van der Waals surface area contributed by atoms with E-state index in [-0.39, 0.29) is 5.97 Å². The lowest BCUT2D eigenvalue weighted by atomic mass is 9.93. The van der Waals surface area contributed by atoms with Crippen LogP contribution in [0.25, 0.3) is 0 Å². The van der Waals surface area contributed by atoms with Gasteiger partial charge in [0.1, 0.15) is 0 Å². The molecule has 0 aliphatic heterocycles. The van der Waals surface area contributed by atoms with Crippen LogP contribution in [0.15, 0.2) is 28.7 Å². The largest absolute Gasteiger partial charge is 0.469 e. The van der Waals surface area contributed by atoms with Crippen molar-refractivity contribution >= 4 is 27.6 Å². The SMILES string of the molecule is COC(=O)C(C)(C)CN(C)c1ccccc1Br. The maximum absolute atomic E-state index is 11.6. The number of para-hydroxylation sites is 1. The lowest BCUT2D eigenvalue weighted by Crippen LogP contribution is -2.38. The molecule has 0 radical (unpaired) electrons. The first-order chi connectivity index (χ1) is 7.88.